The van der Waals surface area contributed by atoms with Gasteiger partial charge in [0.05, 0.1) is 14.5 Å². The lowest BCUT2D eigenvalue weighted by Gasteiger charge is -2.40. The number of carbonyl (C=O) groups is 2. The molecule has 4 aliphatic rings. The van der Waals surface area contributed by atoms with Gasteiger partial charge in [-0.25, -0.2) is 27.5 Å². The number of Topliss-reactive ketones (excluding diaryl/α,β-unsaturated/α-hetero) is 2. The number of halogens is 4. The predicted octanol–water partition coefficient (Wildman–Crippen LogP) is 11.0. The maximum absolute atomic E-state index is 14.4. The van der Waals surface area contributed by atoms with E-state index in [1.807, 2.05) is 0 Å². The van der Waals surface area contributed by atoms with Crippen molar-refractivity contribution in [1.82, 2.24) is 9.97 Å². The smallest absolute Gasteiger partial charge is 0.194 e. The van der Waals surface area contributed by atoms with Crippen molar-refractivity contribution in [2.75, 3.05) is 0 Å². The molecule has 5 heterocycles. The molecule has 0 bridgehead atoms. The van der Waals surface area contributed by atoms with Gasteiger partial charge >= 0.3 is 0 Å². The largest absolute Gasteiger partial charge is 0.479 e. The van der Waals surface area contributed by atoms with Crippen molar-refractivity contribution in [3.05, 3.63) is 108 Å². The molecule has 3 aliphatic carbocycles. The summed E-state index contributed by atoms with van der Waals surface area (Å²) in [6.45, 7) is 0. The number of fused-ring (bicyclic) bond motifs is 10. The van der Waals surface area contributed by atoms with Crippen molar-refractivity contribution in [3.8, 4) is 39.8 Å². The molecule has 9 nitrogen and oxygen atoms in total. The van der Waals surface area contributed by atoms with Crippen molar-refractivity contribution < 1.29 is 31.9 Å². The fraction of sp³-hybridized carbons (Fsp3) is 0.143. The Bertz CT molecular complexity index is 3300. The number of carbonyl (C=O) groups excluding carboxylic acids is 2. The number of rotatable bonds is 2. The Balaban J connectivity index is 1.09. The summed E-state index contributed by atoms with van der Waals surface area (Å²) in [5.41, 5.74) is -1.38. The van der Waals surface area contributed by atoms with Gasteiger partial charge in [0.25, 0.3) is 0 Å². The van der Waals surface area contributed by atoms with Gasteiger partial charge in [0.2, 0.25) is 0 Å². The molecule has 1 spiro atoms. The van der Waals surface area contributed by atoms with Crippen LogP contribution in [0.25, 0.3) is 52.1 Å². The van der Waals surface area contributed by atoms with E-state index < -0.39 is 51.6 Å². The molecule has 0 unspecified atom stereocenters. The van der Waals surface area contributed by atoms with Gasteiger partial charge in [-0.05, 0) is 73.2 Å². The molecule has 0 radical (unpaired) electrons. The first kappa shape index (κ1) is 36.7. The zero-order chi connectivity index (χ0) is 41.1. The van der Waals surface area contributed by atoms with Crippen LogP contribution in [0.2, 0.25) is 0 Å². The summed E-state index contributed by atoms with van der Waals surface area (Å²) in [6.07, 6.45) is 7.03. The molecule has 0 saturated heterocycles. The number of nitrogens with zero attached hydrogens (tertiary/aromatic N) is 6. The molecule has 0 N–H and O–H groups in total. The van der Waals surface area contributed by atoms with Crippen LogP contribution >= 0.6 is 45.3 Å². The van der Waals surface area contributed by atoms with Gasteiger partial charge in [0.15, 0.2) is 40.6 Å². The van der Waals surface area contributed by atoms with Crippen LogP contribution in [0.5, 0.6) is 5.75 Å². The number of allylic oxidation sites excluding steroid dienone is 6. The maximum atomic E-state index is 14.4. The van der Waals surface area contributed by atoms with E-state index in [4.69, 9.17) is 14.7 Å². The molecular weight excluding hydrogens is 841 g/mol. The standard InChI is InChI=1S/C42H16F4N6O3S4/c43-24-6-18-20(8-26(24)45)33(53)22(30(18)16(12-47)13-48)10-28-51-40-37(56-28)32-36(58-40)38-35(55-42(32)4-2-1-3-5-42)39-41(59-38)52-29(57-39)11-23-31(17(14-49)15-50)19-7-25(44)27(46)9-21(19)34(23)54/h6-11H,1-5H2/b22-10-,23-11-. The van der Waals surface area contributed by atoms with Gasteiger partial charge in [-0.2, -0.15) is 21.0 Å². The minimum atomic E-state index is -1.23. The van der Waals surface area contributed by atoms with Gasteiger partial charge in [0, 0.05) is 39.0 Å². The Kier molecular flexibility index (Phi) is 8.22. The number of hydrogen-bond donors (Lipinski definition) is 0. The number of benzene rings is 2. The Labute approximate surface area is 345 Å². The van der Waals surface area contributed by atoms with Crippen molar-refractivity contribution in [2.45, 2.75) is 37.7 Å². The highest BCUT2D eigenvalue weighted by atomic mass is 32.1. The molecule has 0 amide bonds. The summed E-state index contributed by atoms with van der Waals surface area (Å²) in [5, 5.41) is 39.7. The molecule has 1 fully saturated rings. The monoisotopic (exact) mass is 856 g/mol. The van der Waals surface area contributed by atoms with Crippen molar-refractivity contribution in [2.24, 2.45) is 0 Å². The first-order valence-electron chi connectivity index (χ1n) is 17.7. The normalized spacial score (nSPS) is 17.4. The Morgan fingerprint density at radius 3 is 1.56 bits per heavy atom. The summed E-state index contributed by atoms with van der Waals surface area (Å²) in [6, 6.07) is 10.2. The van der Waals surface area contributed by atoms with E-state index in [0.29, 0.717) is 43.0 Å². The number of hydrogen-bond acceptors (Lipinski definition) is 13. The Morgan fingerprint density at radius 2 is 1.07 bits per heavy atom. The maximum Gasteiger partial charge on any atom is 0.194 e. The lowest BCUT2D eigenvalue weighted by molar-refractivity contribution is 0.0282. The highest BCUT2D eigenvalue weighted by Gasteiger charge is 2.47. The van der Waals surface area contributed by atoms with E-state index in [1.54, 1.807) is 24.3 Å². The summed E-state index contributed by atoms with van der Waals surface area (Å²) in [5.74, 6) is -5.62. The molecule has 4 aromatic heterocycles. The third-order valence-electron chi connectivity index (χ3n) is 10.8. The van der Waals surface area contributed by atoms with Gasteiger partial charge in [-0.3, -0.25) is 9.59 Å². The van der Waals surface area contributed by atoms with Crippen LogP contribution in [-0.4, -0.2) is 21.5 Å². The quantitative estimate of drug-likeness (QED) is 0.0936. The number of thiophene rings is 2. The lowest BCUT2D eigenvalue weighted by Crippen LogP contribution is -2.37. The second kappa shape index (κ2) is 13.2. The molecule has 1 saturated carbocycles. The molecule has 17 heteroatoms. The molecule has 284 valence electrons. The van der Waals surface area contributed by atoms with E-state index >= 15 is 0 Å². The SMILES string of the molecule is N#CC(C#N)=C1/C(=C/c2nc3sc4c(c3s2)OC2(CCCCC2)c2c-4sc3nc(/C=C4\C(=O)c5cc(F)c(F)cc5C4=C(C#N)C#N)sc23)C(=O)c2cc(F)c(F)cc21. The second-order valence-corrected chi connectivity index (χ2v) is 18.0. The molecule has 2 aromatic carbocycles. The molecule has 59 heavy (non-hydrogen) atoms. The van der Waals surface area contributed by atoms with Crippen LogP contribution in [0.15, 0.2) is 46.6 Å². The first-order valence-corrected chi connectivity index (χ1v) is 20.9. The zero-order valence-corrected chi connectivity index (χ0v) is 32.8. The van der Waals surface area contributed by atoms with Crippen molar-refractivity contribution in [3.63, 3.8) is 0 Å². The Hall–Kier alpha value is -6.60. The summed E-state index contributed by atoms with van der Waals surface area (Å²) in [7, 11) is 0. The van der Waals surface area contributed by atoms with Crippen LogP contribution in [0, 0.1) is 68.6 Å². The van der Waals surface area contributed by atoms with Crippen LogP contribution in [0.3, 0.4) is 0 Å². The van der Waals surface area contributed by atoms with Gasteiger partial charge < -0.3 is 4.74 Å². The van der Waals surface area contributed by atoms with Crippen molar-refractivity contribution >= 4 is 99.3 Å². The molecule has 0 atom stereocenters. The van der Waals surface area contributed by atoms with Gasteiger partial charge in [-0.15, -0.1) is 45.3 Å². The van der Waals surface area contributed by atoms with E-state index in [9.17, 15) is 48.2 Å². The highest BCUT2D eigenvalue weighted by molar-refractivity contribution is 7.34. The van der Waals surface area contributed by atoms with Crippen LogP contribution in [0.4, 0.5) is 17.6 Å². The fourth-order valence-corrected chi connectivity index (χ4v) is 13.3. The van der Waals surface area contributed by atoms with Crippen LogP contribution in [0.1, 0.15) is 79.5 Å². The summed E-state index contributed by atoms with van der Waals surface area (Å²) >= 11 is 5.36. The molecule has 6 aromatic rings. The third kappa shape index (κ3) is 5.26. The molecule has 10 rings (SSSR count). The second-order valence-electron chi connectivity index (χ2n) is 13.9. The van der Waals surface area contributed by atoms with Crippen LogP contribution < -0.4 is 4.74 Å². The summed E-state index contributed by atoms with van der Waals surface area (Å²) in [4.78, 5) is 39.8. The van der Waals surface area contributed by atoms with Gasteiger partial charge in [0.1, 0.15) is 65.4 Å². The average Bonchev–Trinajstić information content (AvgIpc) is 4.05. The Morgan fingerprint density at radius 1 is 0.627 bits per heavy atom. The van der Waals surface area contributed by atoms with Crippen LogP contribution in [-0.2, 0) is 5.60 Å². The zero-order valence-electron chi connectivity index (χ0n) is 29.6. The third-order valence-corrected chi connectivity index (χ3v) is 15.4. The van der Waals surface area contributed by atoms with E-state index in [-0.39, 0.29) is 44.5 Å². The topological polar surface area (TPSA) is 164 Å². The fourth-order valence-electron chi connectivity index (χ4n) is 8.27. The summed E-state index contributed by atoms with van der Waals surface area (Å²) < 4.78 is 65.8. The van der Waals surface area contributed by atoms with Crippen molar-refractivity contribution in [1.29, 1.82) is 21.0 Å². The number of ether oxygens (including phenoxy) is 1. The predicted molar refractivity (Wildman–Crippen MR) is 213 cm³/mol. The van der Waals surface area contributed by atoms with E-state index in [0.717, 1.165) is 63.5 Å². The first-order chi connectivity index (χ1) is 28.5. The van der Waals surface area contributed by atoms with E-state index in [1.165, 1.54) is 57.5 Å². The molecular formula is C42H16F4N6O3S4. The molecule has 1 aliphatic heterocycles. The number of thiazole rings is 2. The van der Waals surface area contributed by atoms with E-state index in [2.05, 4.69) is 0 Å². The average molecular weight is 857 g/mol. The van der Waals surface area contributed by atoms with Gasteiger partial charge in [-0.1, -0.05) is 6.42 Å². The minimum Gasteiger partial charge on any atom is -0.479 e. The number of ketones is 2. The number of aromatic nitrogens is 2. The lowest BCUT2D eigenvalue weighted by atomic mass is 9.78. The highest BCUT2D eigenvalue weighted by Crippen LogP contribution is 2.62. The minimum absolute atomic E-state index is 0.0431. The number of nitriles is 4.